The number of carbonyl (C=O) groups excluding carboxylic acids is 4. The second-order valence-corrected chi connectivity index (χ2v) is 5.44. The first kappa shape index (κ1) is 19.1. The molecular weight excluding hydrogens is 382 g/mol. The van der Waals surface area contributed by atoms with Crippen LogP contribution in [0, 0.1) is 0 Å². The molecule has 22 heavy (non-hydrogen) atoms. The Morgan fingerprint density at radius 3 is 1.36 bits per heavy atom. The lowest BCUT2D eigenvalue weighted by Gasteiger charge is -2.04. The monoisotopic (exact) mass is 388 g/mol. The molecule has 2 heterocycles. The maximum atomic E-state index is 10.5. The van der Waals surface area contributed by atoms with Crippen LogP contribution in [0.5, 0.6) is 0 Å². The second-order valence-electron chi connectivity index (χ2n) is 4.01. The van der Waals surface area contributed by atoms with Gasteiger partial charge in [-0.3, -0.25) is 19.2 Å². The highest BCUT2D eigenvalue weighted by atomic mass is 35.5. The van der Waals surface area contributed by atoms with E-state index in [4.69, 9.17) is 51.1 Å². The van der Waals surface area contributed by atoms with Crippen molar-refractivity contribution in [3.05, 3.63) is 23.7 Å². The van der Waals surface area contributed by atoms with Crippen molar-refractivity contribution in [3.8, 4) is 0 Å². The Balaban J connectivity index is 0.000000220. The molecule has 0 amide bonds. The van der Waals surface area contributed by atoms with Crippen LogP contribution in [0.2, 0.25) is 0 Å². The van der Waals surface area contributed by atoms with E-state index in [2.05, 4.69) is 4.42 Å². The summed E-state index contributed by atoms with van der Waals surface area (Å²) in [6, 6.07) is 2.57. The molecule has 1 fully saturated rings. The minimum Gasteiger partial charge on any atom is -0.447 e. The quantitative estimate of drug-likeness (QED) is 0.734. The van der Waals surface area contributed by atoms with Gasteiger partial charge in [0, 0.05) is 0 Å². The second kappa shape index (κ2) is 8.64. The van der Waals surface area contributed by atoms with E-state index in [1.165, 1.54) is 12.1 Å². The molecule has 1 aromatic rings. The minimum absolute atomic E-state index is 0.0873. The van der Waals surface area contributed by atoms with Gasteiger partial charge in [-0.1, -0.05) is 0 Å². The number of rotatable bonds is 4. The third-order valence-electron chi connectivity index (χ3n) is 2.52. The van der Waals surface area contributed by atoms with Crippen LogP contribution >= 0.6 is 46.4 Å². The van der Waals surface area contributed by atoms with Crippen LogP contribution < -0.4 is 0 Å². The Morgan fingerprint density at radius 2 is 1.18 bits per heavy atom. The molecule has 2 rings (SSSR count). The molecule has 10 heteroatoms. The number of carbonyl (C=O) groups is 4. The summed E-state index contributed by atoms with van der Waals surface area (Å²) < 4.78 is 9.56. The van der Waals surface area contributed by atoms with Gasteiger partial charge in [-0.15, -0.1) is 0 Å². The summed E-state index contributed by atoms with van der Waals surface area (Å²) in [5, 5.41) is -2.64. The van der Waals surface area contributed by atoms with Crippen molar-refractivity contribution in [3.63, 3.8) is 0 Å². The fourth-order valence-corrected chi connectivity index (χ4v) is 2.04. The summed E-state index contributed by atoms with van der Waals surface area (Å²) in [7, 11) is 0. The molecule has 1 aromatic heterocycles. The van der Waals surface area contributed by atoms with Crippen molar-refractivity contribution in [2.45, 2.75) is 25.0 Å². The Kier molecular flexibility index (Phi) is 7.52. The highest BCUT2D eigenvalue weighted by molar-refractivity contribution is 6.68. The van der Waals surface area contributed by atoms with Gasteiger partial charge < -0.3 is 9.15 Å². The molecule has 2 atom stereocenters. The molecular formula is C12H8Cl4O6. The smallest absolute Gasteiger partial charge is 0.287 e. The van der Waals surface area contributed by atoms with Gasteiger partial charge in [0.1, 0.15) is 12.2 Å². The largest absolute Gasteiger partial charge is 0.447 e. The van der Waals surface area contributed by atoms with Crippen molar-refractivity contribution in [1.29, 1.82) is 0 Å². The minimum atomic E-state index is -0.755. The molecule has 0 aromatic carbocycles. The molecule has 0 aliphatic carbocycles. The summed E-state index contributed by atoms with van der Waals surface area (Å²) >= 11 is 20.3. The number of hydrogen-bond donors (Lipinski definition) is 0. The summed E-state index contributed by atoms with van der Waals surface area (Å²) in [4.78, 5) is 41.8. The van der Waals surface area contributed by atoms with E-state index < -0.39 is 33.2 Å². The predicted molar refractivity (Wildman–Crippen MR) is 78.7 cm³/mol. The van der Waals surface area contributed by atoms with Crippen LogP contribution in [-0.4, -0.2) is 33.2 Å². The predicted octanol–water partition coefficient (Wildman–Crippen LogP) is 3.10. The Bertz CT molecular complexity index is 548. The highest BCUT2D eigenvalue weighted by Gasteiger charge is 2.32. The van der Waals surface area contributed by atoms with E-state index >= 15 is 0 Å². The van der Waals surface area contributed by atoms with Crippen LogP contribution in [0.3, 0.4) is 0 Å². The average Bonchev–Trinajstić information content (AvgIpc) is 3.09. The molecule has 1 aliphatic rings. The van der Waals surface area contributed by atoms with E-state index in [1.54, 1.807) is 0 Å². The summed E-state index contributed by atoms with van der Waals surface area (Å²) in [5.41, 5.74) is 0. The Hall–Kier alpha value is -0.920. The molecule has 0 spiro atoms. The molecule has 0 N–H and O–H groups in total. The molecule has 6 nitrogen and oxygen atoms in total. The van der Waals surface area contributed by atoms with E-state index in [0.29, 0.717) is 12.8 Å². The average molecular weight is 390 g/mol. The maximum Gasteiger partial charge on any atom is 0.287 e. The zero-order valence-corrected chi connectivity index (χ0v) is 13.7. The lowest BCUT2D eigenvalue weighted by atomic mass is 10.2. The van der Waals surface area contributed by atoms with Gasteiger partial charge in [0.05, 0.1) is 0 Å². The summed E-state index contributed by atoms with van der Waals surface area (Å²) in [6.07, 6.45) is -0.342. The van der Waals surface area contributed by atoms with Crippen molar-refractivity contribution in [2.75, 3.05) is 0 Å². The van der Waals surface area contributed by atoms with Gasteiger partial charge in [0.25, 0.3) is 21.0 Å². The fraction of sp³-hybridized carbons (Fsp3) is 0.333. The van der Waals surface area contributed by atoms with Gasteiger partial charge >= 0.3 is 0 Å². The SMILES string of the molecule is O=C(Cl)C1CCC(C(=O)Cl)O1.O=C(Cl)c1ccc(C(=O)Cl)o1. The van der Waals surface area contributed by atoms with Crippen LogP contribution in [0.1, 0.15) is 34.0 Å². The van der Waals surface area contributed by atoms with Crippen LogP contribution in [-0.2, 0) is 14.3 Å². The van der Waals surface area contributed by atoms with Crippen molar-refractivity contribution >= 4 is 67.4 Å². The molecule has 2 unspecified atom stereocenters. The molecule has 0 radical (unpaired) electrons. The molecule has 0 bridgehead atoms. The maximum absolute atomic E-state index is 10.5. The first-order valence-electron chi connectivity index (χ1n) is 5.76. The van der Waals surface area contributed by atoms with E-state index in [9.17, 15) is 19.2 Å². The van der Waals surface area contributed by atoms with Gasteiger partial charge in [-0.05, 0) is 71.4 Å². The van der Waals surface area contributed by atoms with Gasteiger partial charge in [-0.25, -0.2) is 0 Å². The summed E-state index contributed by atoms with van der Waals surface area (Å²) in [5.74, 6) is -0.175. The molecule has 1 saturated heterocycles. The van der Waals surface area contributed by atoms with Crippen molar-refractivity contribution in [1.82, 2.24) is 0 Å². The third kappa shape index (κ3) is 5.70. The first-order chi connectivity index (χ1) is 10.2. The van der Waals surface area contributed by atoms with E-state index in [0.717, 1.165) is 0 Å². The van der Waals surface area contributed by atoms with Gasteiger partial charge in [0.15, 0.2) is 11.5 Å². The van der Waals surface area contributed by atoms with Gasteiger partial charge in [-0.2, -0.15) is 0 Å². The van der Waals surface area contributed by atoms with Crippen molar-refractivity contribution < 1.29 is 28.3 Å². The summed E-state index contributed by atoms with van der Waals surface area (Å²) in [6.45, 7) is 0. The Labute approximate surface area is 144 Å². The lowest BCUT2D eigenvalue weighted by Crippen LogP contribution is -2.20. The number of furan rings is 1. The lowest BCUT2D eigenvalue weighted by molar-refractivity contribution is -0.128. The number of ether oxygens (including phenoxy) is 1. The number of hydrogen-bond acceptors (Lipinski definition) is 6. The fourth-order valence-electron chi connectivity index (χ4n) is 1.52. The van der Waals surface area contributed by atoms with Crippen LogP contribution in [0.25, 0.3) is 0 Å². The topological polar surface area (TPSA) is 90.7 Å². The highest BCUT2D eigenvalue weighted by Crippen LogP contribution is 2.22. The Morgan fingerprint density at radius 1 is 0.818 bits per heavy atom. The molecule has 0 saturated carbocycles. The zero-order valence-electron chi connectivity index (χ0n) is 10.7. The third-order valence-corrected chi connectivity index (χ3v) is 3.38. The van der Waals surface area contributed by atoms with E-state index in [-0.39, 0.29) is 11.5 Å². The van der Waals surface area contributed by atoms with Gasteiger partial charge in [0.2, 0.25) is 0 Å². The first-order valence-corrected chi connectivity index (χ1v) is 7.27. The number of halogens is 4. The standard InChI is InChI=1S/C6H6Cl2O3.C6H2Cl2O3/c2*7-5(9)3-1-2-4(11-3)6(8)10/h3-4H,1-2H2;1-2H. The van der Waals surface area contributed by atoms with Crippen LogP contribution in [0.15, 0.2) is 16.5 Å². The van der Waals surface area contributed by atoms with Crippen molar-refractivity contribution in [2.24, 2.45) is 0 Å². The van der Waals surface area contributed by atoms with Crippen LogP contribution in [0.4, 0.5) is 0 Å². The normalized spacial score (nSPS) is 20.0. The zero-order chi connectivity index (χ0) is 16.9. The van der Waals surface area contributed by atoms with E-state index in [1.807, 2.05) is 0 Å². The molecule has 120 valence electrons. The molecule has 1 aliphatic heterocycles.